The van der Waals surface area contributed by atoms with Crippen molar-refractivity contribution in [2.75, 3.05) is 26.9 Å². The number of carboxylic acids is 1. The molecular formula is C31H37N3O7. The molecule has 10 heteroatoms. The summed E-state index contributed by atoms with van der Waals surface area (Å²) in [6, 6.07) is 11.5. The molecule has 4 aromatic rings. The van der Waals surface area contributed by atoms with E-state index < -0.39 is 5.97 Å². The highest BCUT2D eigenvalue weighted by Crippen LogP contribution is 2.28. The fourth-order valence-corrected chi connectivity index (χ4v) is 5.24. The van der Waals surface area contributed by atoms with Crippen molar-refractivity contribution >= 4 is 16.9 Å². The van der Waals surface area contributed by atoms with Gasteiger partial charge in [-0.2, -0.15) is 0 Å². The molecule has 0 bridgehead atoms. The molecule has 2 unspecified atom stereocenters. The Balaban J connectivity index is 1.15. The molecule has 10 nitrogen and oxygen atoms in total. The van der Waals surface area contributed by atoms with E-state index in [1.807, 2.05) is 32.0 Å². The van der Waals surface area contributed by atoms with E-state index in [1.54, 1.807) is 30.0 Å². The van der Waals surface area contributed by atoms with Gasteiger partial charge in [-0.05, 0) is 57.7 Å². The molecule has 41 heavy (non-hydrogen) atoms. The molecule has 218 valence electrons. The van der Waals surface area contributed by atoms with Crippen molar-refractivity contribution in [3.8, 4) is 17.3 Å². The summed E-state index contributed by atoms with van der Waals surface area (Å²) in [6.45, 7) is 5.95. The topological polar surface area (TPSA) is 118 Å². The molecule has 1 N–H and O–H groups in total. The van der Waals surface area contributed by atoms with E-state index in [2.05, 4.69) is 16.0 Å². The summed E-state index contributed by atoms with van der Waals surface area (Å²) in [7, 11) is 1.60. The smallest absolute Gasteiger partial charge is 0.352 e. The van der Waals surface area contributed by atoms with Crippen molar-refractivity contribution in [2.45, 2.75) is 64.9 Å². The number of aromatic carboxylic acids is 1. The SMILES string of the molecule is COCCOc1cc2cc(C(=O)O)n(CCOC3CCCC(OCc4nc(-c5cccc(C)c5)oc4C)C3)c2cn1. The summed E-state index contributed by atoms with van der Waals surface area (Å²) in [5.41, 5.74) is 3.84. The summed E-state index contributed by atoms with van der Waals surface area (Å²) in [4.78, 5) is 21.0. The molecule has 0 spiro atoms. The van der Waals surface area contributed by atoms with E-state index in [0.717, 1.165) is 59.2 Å². The van der Waals surface area contributed by atoms with E-state index >= 15 is 0 Å². The highest BCUT2D eigenvalue weighted by Gasteiger charge is 2.25. The van der Waals surface area contributed by atoms with E-state index in [4.69, 9.17) is 23.4 Å². The van der Waals surface area contributed by atoms with Gasteiger partial charge in [0.25, 0.3) is 0 Å². The van der Waals surface area contributed by atoms with Crippen molar-refractivity contribution in [3.63, 3.8) is 0 Å². The van der Waals surface area contributed by atoms with E-state index in [1.165, 1.54) is 0 Å². The van der Waals surface area contributed by atoms with Crippen molar-refractivity contribution in [2.24, 2.45) is 0 Å². The van der Waals surface area contributed by atoms with Gasteiger partial charge in [0.05, 0.1) is 43.7 Å². The number of carbonyl (C=O) groups is 1. The normalized spacial score (nSPS) is 17.2. The van der Waals surface area contributed by atoms with Crippen molar-refractivity contribution in [1.29, 1.82) is 0 Å². The third-order valence-corrected chi connectivity index (χ3v) is 7.38. The molecule has 3 aromatic heterocycles. The highest BCUT2D eigenvalue weighted by molar-refractivity contribution is 5.94. The maximum Gasteiger partial charge on any atom is 0.352 e. The van der Waals surface area contributed by atoms with Gasteiger partial charge in [-0.15, -0.1) is 0 Å². The molecule has 1 aliphatic rings. The lowest BCUT2D eigenvalue weighted by atomic mass is 9.95. The number of fused-ring (bicyclic) bond motifs is 1. The molecule has 0 saturated heterocycles. The van der Waals surface area contributed by atoms with Crippen LogP contribution in [0.3, 0.4) is 0 Å². The lowest BCUT2D eigenvalue weighted by Crippen LogP contribution is -2.29. The van der Waals surface area contributed by atoms with Gasteiger partial charge in [-0.1, -0.05) is 17.7 Å². The minimum Gasteiger partial charge on any atom is -0.477 e. The van der Waals surface area contributed by atoms with Crippen LogP contribution in [0.5, 0.6) is 5.88 Å². The number of aromatic nitrogens is 3. The number of pyridine rings is 1. The largest absolute Gasteiger partial charge is 0.477 e. The van der Waals surface area contributed by atoms with Crippen LogP contribution in [0.15, 0.2) is 47.0 Å². The molecule has 1 aliphatic carbocycles. The second kappa shape index (κ2) is 13.3. The van der Waals surface area contributed by atoms with Crippen LogP contribution in [-0.2, 0) is 27.4 Å². The van der Waals surface area contributed by atoms with Crippen LogP contribution in [-0.4, -0.2) is 64.7 Å². The number of oxazole rings is 1. The molecule has 0 radical (unpaired) electrons. The molecule has 1 saturated carbocycles. The van der Waals surface area contributed by atoms with Crippen LogP contribution in [0, 0.1) is 13.8 Å². The summed E-state index contributed by atoms with van der Waals surface area (Å²) in [6.07, 6.45) is 5.45. The Kier molecular flexibility index (Phi) is 9.33. The number of hydrogen-bond donors (Lipinski definition) is 1. The van der Waals surface area contributed by atoms with Gasteiger partial charge >= 0.3 is 5.97 Å². The number of methoxy groups -OCH3 is 1. The van der Waals surface area contributed by atoms with Crippen molar-refractivity contribution < 1.29 is 33.3 Å². The monoisotopic (exact) mass is 563 g/mol. The Morgan fingerprint density at radius 1 is 1.10 bits per heavy atom. The van der Waals surface area contributed by atoms with Crippen LogP contribution in [0.4, 0.5) is 0 Å². The maximum absolute atomic E-state index is 11.9. The molecule has 0 amide bonds. The van der Waals surface area contributed by atoms with Gasteiger partial charge in [0.1, 0.15) is 23.8 Å². The molecule has 3 heterocycles. The fraction of sp³-hybridized carbons (Fsp3) is 0.452. The maximum atomic E-state index is 11.9. The van der Waals surface area contributed by atoms with Crippen LogP contribution in [0.25, 0.3) is 22.4 Å². The van der Waals surface area contributed by atoms with Crippen LogP contribution >= 0.6 is 0 Å². The lowest BCUT2D eigenvalue weighted by molar-refractivity contribution is -0.0523. The first-order valence-corrected chi connectivity index (χ1v) is 14.0. The average Bonchev–Trinajstić information content (AvgIpc) is 3.52. The predicted octanol–water partition coefficient (Wildman–Crippen LogP) is 5.58. The predicted molar refractivity (Wildman–Crippen MR) is 152 cm³/mol. The van der Waals surface area contributed by atoms with Crippen LogP contribution in [0.2, 0.25) is 0 Å². The van der Waals surface area contributed by atoms with Crippen molar-refractivity contribution in [3.05, 3.63) is 65.3 Å². The zero-order valence-electron chi connectivity index (χ0n) is 23.8. The number of benzene rings is 1. The second-order valence-electron chi connectivity index (χ2n) is 10.4. The number of aryl methyl sites for hydroxylation is 2. The van der Waals surface area contributed by atoms with E-state index in [-0.39, 0.29) is 17.9 Å². The average molecular weight is 564 g/mol. The first kappa shape index (κ1) is 28.8. The minimum absolute atomic E-state index is 0.0454. The molecule has 1 aromatic carbocycles. The quantitative estimate of drug-likeness (QED) is 0.208. The lowest BCUT2D eigenvalue weighted by Gasteiger charge is -2.29. The highest BCUT2D eigenvalue weighted by atomic mass is 16.5. The van der Waals surface area contributed by atoms with E-state index in [9.17, 15) is 9.90 Å². The summed E-state index contributed by atoms with van der Waals surface area (Å²) >= 11 is 0. The van der Waals surface area contributed by atoms with Gasteiger partial charge in [-0.3, -0.25) is 0 Å². The van der Waals surface area contributed by atoms with Gasteiger partial charge in [0.15, 0.2) is 0 Å². The fourth-order valence-electron chi connectivity index (χ4n) is 5.24. The van der Waals surface area contributed by atoms with Crippen LogP contribution in [0.1, 0.15) is 53.2 Å². The summed E-state index contributed by atoms with van der Waals surface area (Å²) < 4.78 is 30.7. The molecule has 0 aliphatic heterocycles. The molecular weight excluding hydrogens is 526 g/mol. The minimum atomic E-state index is -0.997. The Morgan fingerprint density at radius 2 is 1.93 bits per heavy atom. The Labute approximate surface area is 239 Å². The number of carboxylic acid groups (broad SMARTS) is 1. The van der Waals surface area contributed by atoms with Crippen LogP contribution < -0.4 is 4.74 Å². The first-order chi connectivity index (χ1) is 19.9. The van der Waals surface area contributed by atoms with Gasteiger partial charge in [-0.25, -0.2) is 14.8 Å². The number of hydrogen-bond acceptors (Lipinski definition) is 8. The third kappa shape index (κ3) is 7.13. The van der Waals surface area contributed by atoms with Crippen molar-refractivity contribution in [1.82, 2.24) is 14.5 Å². The first-order valence-electron chi connectivity index (χ1n) is 14.0. The van der Waals surface area contributed by atoms with E-state index in [0.29, 0.717) is 44.7 Å². The van der Waals surface area contributed by atoms with Gasteiger partial charge < -0.3 is 33.0 Å². The molecule has 5 rings (SSSR count). The molecule has 2 atom stereocenters. The standard InChI is InChI=1S/C31H37N3O7/c1-20-6-4-7-22(14-20)30-33-26(21(2)41-30)19-40-25-9-5-8-24(17-25)38-11-10-34-27(31(35)36)15-23-16-29(32-18-28(23)34)39-13-12-37-3/h4,6-7,14-16,18,24-25H,5,8-13,17,19H2,1-3H3,(H,35,36). The number of ether oxygens (including phenoxy) is 4. The Bertz CT molecular complexity index is 1480. The molecule has 1 fully saturated rings. The Morgan fingerprint density at radius 3 is 2.71 bits per heavy atom. The number of nitrogens with zero attached hydrogens (tertiary/aromatic N) is 3. The zero-order valence-corrected chi connectivity index (χ0v) is 23.8. The zero-order chi connectivity index (χ0) is 28.8. The van der Waals surface area contributed by atoms with Gasteiger partial charge in [0, 0.05) is 30.7 Å². The second-order valence-corrected chi connectivity index (χ2v) is 10.4. The third-order valence-electron chi connectivity index (χ3n) is 7.38. The summed E-state index contributed by atoms with van der Waals surface area (Å²) in [5.74, 6) is 0.808. The van der Waals surface area contributed by atoms with Gasteiger partial charge in [0.2, 0.25) is 11.8 Å². The summed E-state index contributed by atoms with van der Waals surface area (Å²) in [5, 5.41) is 10.5. The number of rotatable bonds is 13. The Hall–Kier alpha value is -3.73.